The molecule has 0 unspecified atom stereocenters. The highest BCUT2D eigenvalue weighted by Crippen LogP contribution is 2.36. The van der Waals surface area contributed by atoms with E-state index in [1.54, 1.807) is 29.3 Å². The highest BCUT2D eigenvalue weighted by molar-refractivity contribution is 8.07. The van der Waals surface area contributed by atoms with Crippen LogP contribution in [0.5, 0.6) is 0 Å². The van der Waals surface area contributed by atoms with E-state index in [1.165, 1.54) is 14.7 Å². The zero-order valence-electron chi connectivity index (χ0n) is 11.9. The van der Waals surface area contributed by atoms with Crippen LogP contribution in [0.1, 0.15) is 10.6 Å². The molecule has 2 heterocycles. The Morgan fingerprint density at radius 1 is 1.38 bits per heavy atom. The molecule has 106 valence electrons. The first kappa shape index (κ1) is 15.5. The summed E-state index contributed by atoms with van der Waals surface area (Å²) in [5, 5.41) is 0. The lowest BCUT2D eigenvalue weighted by Crippen LogP contribution is -1.85. The molecular weight excluding hydrogens is 296 g/mol. The average Bonchev–Trinajstić information content (AvgIpc) is 3.01. The minimum absolute atomic E-state index is 0.588. The molecular formula is C17H16N2S2. The maximum absolute atomic E-state index is 4.27. The van der Waals surface area contributed by atoms with Crippen LogP contribution in [0.15, 0.2) is 60.8 Å². The largest absolute Gasteiger partial charge is 0.263 e. The third kappa shape index (κ3) is 3.60. The first-order valence-electron chi connectivity index (χ1n) is 6.29. The van der Waals surface area contributed by atoms with E-state index in [1.807, 2.05) is 24.3 Å². The van der Waals surface area contributed by atoms with Crippen molar-refractivity contribution in [1.82, 2.24) is 4.98 Å². The second-order valence-electron chi connectivity index (χ2n) is 4.17. The number of rotatable bonds is 6. The molecule has 0 atom stereocenters. The van der Waals surface area contributed by atoms with E-state index < -0.39 is 0 Å². The standard InChI is InChI=1S/C17H16N2S2/c1-5-6-16(20-4)17-8-7-15(21-17)13-9-10-19-14(11-13)12(2)18-3/h5-11H,1-3H2,4H3/b16-6-. The number of nitrogens with zero attached hydrogens (tertiary/aromatic N) is 2. The second kappa shape index (κ2) is 7.20. The number of pyridine rings is 1. The molecule has 2 aromatic heterocycles. The van der Waals surface area contributed by atoms with Gasteiger partial charge in [-0.3, -0.25) is 9.98 Å². The summed E-state index contributed by atoms with van der Waals surface area (Å²) < 4.78 is 0. The maximum atomic E-state index is 4.27. The topological polar surface area (TPSA) is 25.2 Å². The Bertz CT molecular complexity index is 711. The van der Waals surface area contributed by atoms with Crippen molar-refractivity contribution in [3.8, 4) is 10.4 Å². The van der Waals surface area contributed by atoms with E-state index >= 15 is 0 Å². The number of aliphatic imine (C=N–C) groups is 1. The van der Waals surface area contributed by atoms with Crippen molar-refractivity contribution in [2.45, 2.75) is 0 Å². The van der Waals surface area contributed by atoms with Crippen LogP contribution >= 0.6 is 23.1 Å². The summed E-state index contributed by atoms with van der Waals surface area (Å²) in [6.07, 6.45) is 7.69. The van der Waals surface area contributed by atoms with Crippen LogP contribution in [0.3, 0.4) is 0 Å². The minimum Gasteiger partial charge on any atom is -0.263 e. The number of hydrogen-bond acceptors (Lipinski definition) is 4. The van der Waals surface area contributed by atoms with Gasteiger partial charge in [0.15, 0.2) is 0 Å². The molecule has 0 aliphatic heterocycles. The molecule has 21 heavy (non-hydrogen) atoms. The van der Waals surface area contributed by atoms with E-state index in [0.29, 0.717) is 5.70 Å². The van der Waals surface area contributed by atoms with Crippen molar-refractivity contribution in [3.63, 3.8) is 0 Å². The second-order valence-corrected chi connectivity index (χ2v) is 6.10. The fraction of sp³-hybridized carbons (Fsp3) is 0.0588. The van der Waals surface area contributed by atoms with Crippen molar-refractivity contribution in [1.29, 1.82) is 0 Å². The fourth-order valence-corrected chi connectivity index (χ4v) is 3.60. The first-order valence-corrected chi connectivity index (χ1v) is 8.33. The summed E-state index contributed by atoms with van der Waals surface area (Å²) >= 11 is 3.46. The highest BCUT2D eigenvalue weighted by atomic mass is 32.2. The molecule has 0 amide bonds. The number of hydrogen-bond donors (Lipinski definition) is 0. The van der Waals surface area contributed by atoms with Crippen LogP contribution in [-0.4, -0.2) is 18.0 Å². The van der Waals surface area contributed by atoms with Crippen molar-refractivity contribution < 1.29 is 0 Å². The minimum atomic E-state index is 0.588. The quantitative estimate of drug-likeness (QED) is 0.529. The van der Waals surface area contributed by atoms with Gasteiger partial charge in [0.2, 0.25) is 0 Å². The number of thiophene rings is 1. The van der Waals surface area contributed by atoms with E-state index in [0.717, 1.165) is 11.3 Å². The predicted octanol–water partition coefficient (Wildman–Crippen LogP) is 5.37. The molecule has 4 heteroatoms. The number of thioether (sulfide) groups is 1. The van der Waals surface area contributed by atoms with Crippen LogP contribution in [0, 0.1) is 0 Å². The predicted molar refractivity (Wildman–Crippen MR) is 97.8 cm³/mol. The van der Waals surface area contributed by atoms with Gasteiger partial charge in [-0.25, -0.2) is 0 Å². The summed E-state index contributed by atoms with van der Waals surface area (Å²) in [5.74, 6) is 0. The van der Waals surface area contributed by atoms with E-state index in [9.17, 15) is 0 Å². The normalized spacial score (nSPS) is 11.2. The van der Waals surface area contributed by atoms with Crippen molar-refractivity contribution >= 4 is 40.4 Å². The van der Waals surface area contributed by atoms with Gasteiger partial charge in [0.05, 0.1) is 11.4 Å². The van der Waals surface area contributed by atoms with Gasteiger partial charge >= 0.3 is 0 Å². The molecule has 2 aromatic rings. The SMILES string of the molecule is C=C/C=C(\SC)c1ccc(-c2ccnc(C(=C)N=C)c2)s1. The van der Waals surface area contributed by atoms with Crippen molar-refractivity contribution in [2.24, 2.45) is 4.99 Å². The molecule has 0 N–H and O–H groups in total. The molecule has 2 rings (SSSR count). The molecule has 0 aromatic carbocycles. The van der Waals surface area contributed by atoms with E-state index in [2.05, 4.69) is 48.2 Å². The smallest absolute Gasteiger partial charge is 0.0886 e. The monoisotopic (exact) mass is 312 g/mol. The molecule has 0 aliphatic rings. The number of aromatic nitrogens is 1. The zero-order valence-corrected chi connectivity index (χ0v) is 13.5. The lowest BCUT2D eigenvalue weighted by molar-refractivity contribution is 1.26. The summed E-state index contributed by atoms with van der Waals surface area (Å²) in [7, 11) is 0. The molecule has 0 saturated heterocycles. The van der Waals surface area contributed by atoms with Gasteiger partial charge < -0.3 is 0 Å². The molecule has 0 bridgehead atoms. The van der Waals surface area contributed by atoms with E-state index in [-0.39, 0.29) is 0 Å². The van der Waals surface area contributed by atoms with Crippen molar-refractivity contribution in [2.75, 3.05) is 6.26 Å². The van der Waals surface area contributed by atoms with Crippen LogP contribution in [0.4, 0.5) is 0 Å². The van der Waals surface area contributed by atoms with Crippen LogP contribution < -0.4 is 0 Å². The molecule has 2 nitrogen and oxygen atoms in total. The van der Waals surface area contributed by atoms with Gasteiger partial charge in [0, 0.05) is 20.9 Å². The highest BCUT2D eigenvalue weighted by Gasteiger charge is 2.08. The van der Waals surface area contributed by atoms with E-state index in [4.69, 9.17) is 0 Å². The average molecular weight is 312 g/mol. The molecule has 0 saturated carbocycles. The molecule has 0 aliphatic carbocycles. The number of allylic oxidation sites excluding steroid dienone is 2. The lowest BCUT2D eigenvalue weighted by Gasteiger charge is -2.02. The van der Waals surface area contributed by atoms with Crippen LogP contribution in [0.2, 0.25) is 0 Å². The Balaban J connectivity index is 2.38. The Morgan fingerprint density at radius 3 is 2.86 bits per heavy atom. The van der Waals surface area contributed by atoms with Gasteiger partial charge in [0.1, 0.15) is 0 Å². The first-order chi connectivity index (χ1) is 10.2. The summed E-state index contributed by atoms with van der Waals surface area (Å²) in [4.78, 5) is 11.7. The van der Waals surface area contributed by atoms with Gasteiger partial charge in [-0.05, 0) is 48.9 Å². The summed E-state index contributed by atoms with van der Waals surface area (Å²) in [6, 6.07) is 8.23. The Hall–Kier alpha value is -1.91. The Kier molecular flexibility index (Phi) is 5.31. The van der Waals surface area contributed by atoms with Gasteiger partial charge in [-0.2, -0.15) is 0 Å². The third-order valence-electron chi connectivity index (χ3n) is 2.87. The van der Waals surface area contributed by atoms with Gasteiger partial charge in [-0.1, -0.05) is 19.2 Å². The lowest BCUT2D eigenvalue weighted by atomic mass is 10.2. The van der Waals surface area contributed by atoms with Crippen molar-refractivity contribution in [3.05, 3.63) is 66.3 Å². The van der Waals surface area contributed by atoms with Crippen LogP contribution in [0.25, 0.3) is 21.0 Å². The zero-order chi connectivity index (χ0) is 15.2. The molecule has 0 radical (unpaired) electrons. The van der Waals surface area contributed by atoms with Crippen LogP contribution in [-0.2, 0) is 0 Å². The fourth-order valence-electron chi connectivity index (χ4n) is 1.81. The Morgan fingerprint density at radius 2 is 2.19 bits per heavy atom. The molecule has 0 fully saturated rings. The molecule has 0 spiro atoms. The van der Waals surface area contributed by atoms with Gasteiger partial charge in [0.25, 0.3) is 0 Å². The third-order valence-corrected chi connectivity index (χ3v) is 4.96. The summed E-state index contributed by atoms with van der Waals surface area (Å²) in [6.45, 7) is 11.1. The maximum Gasteiger partial charge on any atom is 0.0886 e. The Labute approximate surface area is 133 Å². The van der Waals surface area contributed by atoms with Gasteiger partial charge in [-0.15, -0.1) is 23.1 Å². The summed E-state index contributed by atoms with van der Waals surface area (Å²) in [5.41, 5.74) is 2.45.